The van der Waals surface area contributed by atoms with Gasteiger partial charge >= 0.3 is 0 Å². The minimum atomic E-state index is -0.130. The Morgan fingerprint density at radius 1 is 0.889 bits per heavy atom. The van der Waals surface area contributed by atoms with Gasteiger partial charge in [-0.25, -0.2) is 0 Å². The van der Waals surface area contributed by atoms with E-state index in [-0.39, 0.29) is 23.9 Å². The Labute approximate surface area is 341 Å². The Bertz CT molecular complexity index is 1670. The summed E-state index contributed by atoms with van der Waals surface area (Å²) < 4.78 is 0. The lowest BCUT2D eigenvalue weighted by Gasteiger charge is -2.62. The number of hydrogen-bond acceptors (Lipinski definition) is 3. The molecule has 2 aromatic carbocycles. The molecule has 7 unspecified atom stereocenters. The molecular weight excluding hydrogens is 703 g/mol. The molecule has 0 bridgehead atoms. The molecule has 7 rings (SSSR count). The number of aliphatic hydroxyl groups is 1. The highest BCUT2D eigenvalue weighted by Gasteiger charge is 2.63. The van der Waals surface area contributed by atoms with Crippen molar-refractivity contribution in [1.29, 1.82) is 0 Å². The van der Waals surface area contributed by atoms with Crippen molar-refractivity contribution < 1.29 is 5.11 Å². The fraction of sp³-hybridized carbons (Fsp3) is 0.673. The van der Waals surface area contributed by atoms with Crippen LogP contribution in [0.1, 0.15) is 137 Å². The minimum Gasteiger partial charge on any atom is -0.393 e. The Balaban J connectivity index is 0.000000215. The van der Waals surface area contributed by atoms with E-state index in [1.807, 2.05) is 17.2 Å². The molecule has 4 aliphatic carbocycles. The van der Waals surface area contributed by atoms with Crippen molar-refractivity contribution in [3.05, 3.63) is 81.4 Å². The number of aryl methyl sites for hydroxylation is 2. The molecule has 0 saturated heterocycles. The van der Waals surface area contributed by atoms with Crippen molar-refractivity contribution in [2.24, 2.45) is 39.4 Å². The maximum Gasteiger partial charge on any atom is 0.0594 e. The highest BCUT2D eigenvalue weighted by Crippen LogP contribution is 2.72. The molecule has 5 aliphatic rings. The number of anilines is 2. The van der Waals surface area contributed by atoms with Crippen LogP contribution in [0.2, 0.25) is 5.02 Å². The fourth-order valence-corrected chi connectivity index (χ4v) is 12.8. The molecule has 2 saturated carbocycles. The number of benzene rings is 2. The summed E-state index contributed by atoms with van der Waals surface area (Å²) in [7, 11) is 4.25. The molecule has 54 heavy (non-hydrogen) atoms. The van der Waals surface area contributed by atoms with Gasteiger partial charge in [-0.1, -0.05) is 100 Å². The van der Waals surface area contributed by atoms with Gasteiger partial charge in [-0.15, -0.1) is 12.4 Å². The van der Waals surface area contributed by atoms with Crippen LogP contribution in [-0.2, 0) is 12.8 Å². The quantitative estimate of drug-likeness (QED) is 0.271. The normalized spacial score (nSPS) is 31.4. The first-order chi connectivity index (χ1) is 25.0. The van der Waals surface area contributed by atoms with Gasteiger partial charge in [0.25, 0.3) is 0 Å². The number of aliphatic hydroxyl groups excluding tert-OH is 1. The topological polar surface area (TPSA) is 26.7 Å². The second-order valence-corrected chi connectivity index (χ2v) is 20.2. The van der Waals surface area contributed by atoms with Gasteiger partial charge in [0.1, 0.15) is 0 Å². The first-order valence-electron chi connectivity index (χ1n) is 21.4. The lowest BCUT2D eigenvalue weighted by Crippen LogP contribution is -2.55. The van der Waals surface area contributed by atoms with Gasteiger partial charge in [-0.05, 0) is 187 Å². The first kappa shape index (κ1) is 43.3. The number of fused-ring (bicyclic) bond motifs is 6. The van der Waals surface area contributed by atoms with Gasteiger partial charge < -0.3 is 14.9 Å². The lowest BCUT2D eigenvalue weighted by atomic mass is 9.43. The lowest BCUT2D eigenvalue weighted by molar-refractivity contribution is -0.0962. The van der Waals surface area contributed by atoms with E-state index in [1.54, 1.807) is 0 Å². The third-order valence-corrected chi connectivity index (χ3v) is 16.2. The van der Waals surface area contributed by atoms with E-state index in [2.05, 4.69) is 122 Å². The molecule has 1 aliphatic heterocycles. The average molecular weight is 778 g/mol. The number of halogens is 2. The highest BCUT2D eigenvalue weighted by atomic mass is 35.5. The summed E-state index contributed by atoms with van der Waals surface area (Å²) >= 11 is 6.27. The smallest absolute Gasteiger partial charge is 0.0594 e. The van der Waals surface area contributed by atoms with E-state index in [0.717, 1.165) is 55.6 Å². The van der Waals surface area contributed by atoms with Crippen molar-refractivity contribution >= 4 is 35.4 Å². The van der Waals surface area contributed by atoms with Gasteiger partial charge in [0, 0.05) is 22.9 Å². The van der Waals surface area contributed by atoms with Gasteiger partial charge in [-0.3, -0.25) is 0 Å². The molecule has 0 aromatic heterocycles. The molecule has 7 atom stereocenters. The molecule has 1 N–H and O–H groups in total. The van der Waals surface area contributed by atoms with Gasteiger partial charge in [0.15, 0.2) is 0 Å². The van der Waals surface area contributed by atoms with Gasteiger partial charge in [0.05, 0.1) is 6.10 Å². The molecule has 300 valence electrons. The second kappa shape index (κ2) is 17.0. The summed E-state index contributed by atoms with van der Waals surface area (Å²) in [4.78, 5) is 4.69. The van der Waals surface area contributed by atoms with E-state index in [0.29, 0.717) is 22.2 Å². The zero-order valence-electron chi connectivity index (χ0n) is 35.7. The molecule has 3 nitrogen and oxygen atoms in total. The number of para-hydroxylation sites is 1. The number of hydrogen-bond donors (Lipinski definition) is 1. The SMILES string of the molecule is CC(C)=CCCC(C)C1CCC2(C)C3=C(CCC12C)C1(C)CCC(O)C(C)(C)C1CC3.CN(C)CCCN1c2ccccc2CCc2ccc(Cl)cc21.Cl. The molecule has 0 amide bonds. The van der Waals surface area contributed by atoms with Gasteiger partial charge in [0.2, 0.25) is 0 Å². The number of allylic oxidation sites excluding steroid dienone is 4. The van der Waals surface area contributed by atoms with Crippen molar-refractivity contribution in [3.8, 4) is 0 Å². The van der Waals surface area contributed by atoms with Crippen molar-refractivity contribution in [2.45, 2.75) is 145 Å². The van der Waals surface area contributed by atoms with E-state index in [9.17, 15) is 5.11 Å². The Morgan fingerprint density at radius 3 is 2.30 bits per heavy atom. The Hall–Kier alpha value is -1.78. The monoisotopic (exact) mass is 777 g/mol. The Kier molecular flexibility index (Phi) is 13.6. The highest BCUT2D eigenvalue weighted by molar-refractivity contribution is 6.30. The zero-order valence-corrected chi connectivity index (χ0v) is 37.2. The molecule has 1 heterocycles. The number of nitrogens with zero attached hydrogens (tertiary/aromatic N) is 2. The van der Waals surface area contributed by atoms with Crippen LogP contribution in [0.3, 0.4) is 0 Å². The molecule has 2 aromatic rings. The zero-order chi connectivity index (χ0) is 38.3. The van der Waals surface area contributed by atoms with Crippen molar-refractivity contribution in [2.75, 3.05) is 32.1 Å². The van der Waals surface area contributed by atoms with E-state index in [1.165, 1.54) is 85.9 Å². The van der Waals surface area contributed by atoms with Crippen LogP contribution in [0.5, 0.6) is 0 Å². The molecule has 0 radical (unpaired) electrons. The van der Waals surface area contributed by atoms with Crippen LogP contribution in [0.25, 0.3) is 0 Å². The minimum absolute atomic E-state index is 0. The number of rotatable bonds is 8. The van der Waals surface area contributed by atoms with Crippen LogP contribution in [0.15, 0.2) is 65.3 Å². The summed E-state index contributed by atoms with van der Waals surface area (Å²) in [5, 5.41) is 11.6. The summed E-state index contributed by atoms with van der Waals surface area (Å²) in [6.45, 7) is 21.7. The van der Waals surface area contributed by atoms with Crippen LogP contribution >= 0.6 is 24.0 Å². The van der Waals surface area contributed by atoms with E-state index in [4.69, 9.17) is 11.6 Å². The maximum atomic E-state index is 10.8. The maximum absolute atomic E-state index is 10.8. The predicted octanol–water partition coefficient (Wildman–Crippen LogP) is 13.4. The largest absolute Gasteiger partial charge is 0.393 e. The van der Waals surface area contributed by atoms with Crippen LogP contribution < -0.4 is 4.90 Å². The fourth-order valence-electron chi connectivity index (χ4n) is 12.6. The second-order valence-electron chi connectivity index (χ2n) is 19.8. The predicted molar refractivity (Wildman–Crippen MR) is 236 cm³/mol. The molecule has 0 spiro atoms. The molecule has 5 heteroatoms. The summed E-state index contributed by atoms with van der Waals surface area (Å²) in [5.74, 6) is 2.32. The molecular formula is C49H74Cl2N2O. The molecule has 2 fully saturated rings. The van der Waals surface area contributed by atoms with Crippen molar-refractivity contribution in [1.82, 2.24) is 4.90 Å². The third kappa shape index (κ3) is 8.01. The van der Waals surface area contributed by atoms with Gasteiger partial charge in [-0.2, -0.15) is 0 Å². The van der Waals surface area contributed by atoms with Crippen LogP contribution in [0.4, 0.5) is 11.4 Å². The van der Waals surface area contributed by atoms with E-state index >= 15 is 0 Å². The summed E-state index contributed by atoms with van der Waals surface area (Å²) in [6.07, 6.45) is 18.5. The summed E-state index contributed by atoms with van der Waals surface area (Å²) in [6, 6.07) is 15.1. The van der Waals surface area contributed by atoms with E-state index < -0.39 is 0 Å². The summed E-state index contributed by atoms with van der Waals surface area (Å²) in [5.41, 5.74) is 11.8. The Morgan fingerprint density at radius 2 is 1.59 bits per heavy atom. The first-order valence-corrected chi connectivity index (χ1v) is 21.7. The van der Waals surface area contributed by atoms with Crippen LogP contribution in [0, 0.1) is 39.4 Å². The van der Waals surface area contributed by atoms with Crippen molar-refractivity contribution in [3.63, 3.8) is 0 Å². The standard InChI is InChI=1S/C30H50O.C19H23ClN2.ClH/c1-20(2)10-9-11-21(3)22-14-18-30(8)24-12-13-25-27(4,5)26(31)16-17-28(25,6)23(24)15-19-29(22,30)7;1-21(2)12-5-13-22-18-7-4-3-6-15(18)8-9-16-10-11-17(20)14-19(16)22;/h10,21-22,25-26,31H,9,11-19H2,1-8H3;3-4,6-7,10-11,14H,5,8-9,12-13H2,1-2H3;1H. The van der Waals surface area contributed by atoms with Crippen LogP contribution in [-0.4, -0.2) is 43.3 Å². The average Bonchev–Trinajstić information content (AvgIpc) is 3.29. The third-order valence-electron chi connectivity index (χ3n) is 15.9.